The summed E-state index contributed by atoms with van der Waals surface area (Å²) in [6.07, 6.45) is 1.76. The van der Waals surface area contributed by atoms with Crippen LogP contribution in [0.3, 0.4) is 0 Å². The van der Waals surface area contributed by atoms with Gasteiger partial charge in [0.05, 0.1) is 11.2 Å². The molecule has 0 fully saturated rings. The van der Waals surface area contributed by atoms with Crippen molar-refractivity contribution in [3.8, 4) is 11.5 Å². The lowest BCUT2D eigenvalue weighted by molar-refractivity contribution is 0.448. The molecule has 21 heavy (non-hydrogen) atoms. The largest absolute Gasteiger partial charge is 0.508 e. The maximum Gasteiger partial charge on any atom is 0.119 e. The lowest BCUT2D eigenvalue weighted by atomic mass is 10.1. The van der Waals surface area contributed by atoms with Gasteiger partial charge in [0, 0.05) is 23.7 Å². The minimum Gasteiger partial charge on any atom is -0.508 e. The molecule has 0 bridgehead atoms. The number of benzene rings is 2. The van der Waals surface area contributed by atoms with Crippen molar-refractivity contribution in [2.75, 3.05) is 5.32 Å². The minimum absolute atomic E-state index is 0.0506. The second-order valence-electron chi connectivity index (χ2n) is 5.03. The summed E-state index contributed by atoms with van der Waals surface area (Å²) in [5.74, 6) is 0.101. The van der Waals surface area contributed by atoms with E-state index in [0.29, 0.717) is 0 Å². The second kappa shape index (κ2) is 5.32. The number of phenolic OH excluding ortho intramolecular Hbond substituents is 2. The molecule has 3 rings (SSSR count). The zero-order valence-electron chi connectivity index (χ0n) is 11.6. The van der Waals surface area contributed by atoms with Gasteiger partial charge in [-0.15, -0.1) is 0 Å². The average molecular weight is 280 g/mol. The number of nitrogens with one attached hydrogen (secondary N) is 1. The van der Waals surface area contributed by atoms with E-state index in [9.17, 15) is 10.2 Å². The zero-order valence-corrected chi connectivity index (χ0v) is 11.6. The van der Waals surface area contributed by atoms with E-state index in [2.05, 4.69) is 10.3 Å². The van der Waals surface area contributed by atoms with Gasteiger partial charge < -0.3 is 15.5 Å². The SMILES string of the molecule is CC(Nc1cccc2cccnc12)c1cc(O)cc(O)c1. The van der Waals surface area contributed by atoms with Crippen LogP contribution in [-0.4, -0.2) is 15.2 Å². The molecule has 0 aliphatic rings. The van der Waals surface area contributed by atoms with Crippen molar-refractivity contribution in [1.82, 2.24) is 4.98 Å². The molecule has 1 aromatic heterocycles. The summed E-state index contributed by atoms with van der Waals surface area (Å²) in [6.45, 7) is 1.97. The Morgan fingerprint density at radius 3 is 2.48 bits per heavy atom. The Morgan fingerprint density at radius 2 is 1.71 bits per heavy atom. The van der Waals surface area contributed by atoms with Crippen LogP contribution in [0.4, 0.5) is 5.69 Å². The van der Waals surface area contributed by atoms with Crippen molar-refractivity contribution in [2.24, 2.45) is 0 Å². The number of rotatable bonds is 3. The molecule has 2 aromatic carbocycles. The quantitative estimate of drug-likeness (QED) is 0.682. The standard InChI is InChI=1S/C17H16N2O2/c1-11(13-8-14(20)10-15(21)9-13)19-16-6-2-4-12-5-3-7-18-17(12)16/h2-11,19-21H,1H3. The maximum absolute atomic E-state index is 9.58. The Labute approximate surface area is 122 Å². The van der Waals surface area contributed by atoms with Crippen molar-refractivity contribution in [3.63, 3.8) is 0 Å². The Hall–Kier alpha value is -2.75. The Morgan fingerprint density at radius 1 is 1.00 bits per heavy atom. The molecule has 1 atom stereocenters. The zero-order chi connectivity index (χ0) is 14.8. The van der Waals surface area contributed by atoms with Crippen molar-refractivity contribution < 1.29 is 10.2 Å². The predicted octanol–water partition coefficient (Wildman–Crippen LogP) is 3.82. The Balaban J connectivity index is 1.94. The average Bonchev–Trinajstić information content (AvgIpc) is 2.46. The third-order valence-corrected chi connectivity index (χ3v) is 3.43. The highest BCUT2D eigenvalue weighted by atomic mass is 16.3. The molecule has 106 valence electrons. The normalized spacial score (nSPS) is 12.2. The fourth-order valence-corrected chi connectivity index (χ4v) is 2.41. The first-order valence-electron chi connectivity index (χ1n) is 6.77. The van der Waals surface area contributed by atoms with Gasteiger partial charge in [-0.3, -0.25) is 4.98 Å². The topological polar surface area (TPSA) is 65.4 Å². The number of pyridine rings is 1. The Bertz CT molecular complexity index is 761. The summed E-state index contributed by atoms with van der Waals surface area (Å²) in [4.78, 5) is 4.40. The van der Waals surface area contributed by atoms with Gasteiger partial charge in [-0.05, 0) is 36.8 Å². The third-order valence-electron chi connectivity index (χ3n) is 3.43. The molecule has 0 aliphatic carbocycles. The molecule has 0 spiro atoms. The van der Waals surface area contributed by atoms with Gasteiger partial charge in [-0.2, -0.15) is 0 Å². The number of aromatic hydroxyl groups is 2. The van der Waals surface area contributed by atoms with Crippen LogP contribution in [-0.2, 0) is 0 Å². The van der Waals surface area contributed by atoms with Crippen molar-refractivity contribution in [2.45, 2.75) is 13.0 Å². The maximum atomic E-state index is 9.58. The van der Waals surface area contributed by atoms with E-state index in [1.807, 2.05) is 37.3 Å². The second-order valence-corrected chi connectivity index (χ2v) is 5.03. The number of nitrogens with zero attached hydrogens (tertiary/aromatic N) is 1. The van der Waals surface area contributed by atoms with Crippen molar-refractivity contribution >= 4 is 16.6 Å². The van der Waals surface area contributed by atoms with Gasteiger partial charge in [0.2, 0.25) is 0 Å². The van der Waals surface area contributed by atoms with E-state index in [1.165, 1.54) is 6.07 Å². The lowest BCUT2D eigenvalue weighted by Crippen LogP contribution is -2.07. The molecule has 4 heteroatoms. The molecule has 0 saturated carbocycles. The van der Waals surface area contributed by atoms with Gasteiger partial charge >= 0.3 is 0 Å². The van der Waals surface area contributed by atoms with Gasteiger partial charge in [-0.1, -0.05) is 18.2 Å². The van der Waals surface area contributed by atoms with Crippen LogP contribution < -0.4 is 5.32 Å². The first kappa shape index (κ1) is 13.2. The Kier molecular flexibility index (Phi) is 3.36. The van der Waals surface area contributed by atoms with Crippen LogP contribution >= 0.6 is 0 Å². The molecule has 0 saturated heterocycles. The van der Waals surface area contributed by atoms with E-state index in [4.69, 9.17) is 0 Å². The van der Waals surface area contributed by atoms with E-state index >= 15 is 0 Å². The van der Waals surface area contributed by atoms with Crippen LogP contribution in [0.1, 0.15) is 18.5 Å². The molecule has 4 nitrogen and oxygen atoms in total. The fraction of sp³-hybridized carbons (Fsp3) is 0.118. The molecular formula is C17H16N2O2. The van der Waals surface area contributed by atoms with Gasteiger partial charge in [-0.25, -0.2) is 0 Å². The van der Waals surface area contributed by atoms with Crippen LogP contribution in [0, 0.1) is 0 Å². The van der Waals surface area contributed by atoms with Crippen molar-refractivity contribution in [1.29, 1.82) is 0 Å². The summed E-state index contributed by atoms with van der Waals surface area (Å²) < 4.78 is 0. The highest BCUT2D eigenvalue weighted by Crippen LogP contribution is 2.29. The number of para-hydroxylation sites is 1. The predicted molar refractivity (Wildman–Crippen MR) is 83.6 cm³/mol. The van der Waals surface area contributed by atoms with Crippen LogP contribution in [0.15, 0.2) is 54.7 Å². The van der Waals surface area contributed by atoms with E-state index in [-0.39, 0.29) is 17.5 Å². The third kappa shape index (κ3) is 2.74. The smallest absolute Gasteiger partial charge is 0.119 e. The van der Waals surface area contributed by atoms with Crippen LogP contribution in [0.5, 0.6) is 11.5 Å². The number of hydrogen-bond donors (Lipinski definition) is 3. The van der Waals surface area contributed by atoms with Crippen LogP contribution in [0.2, 0.25) is 0 Å². The van der Waals surface area contributed by atoms with Gasteiger partial charge in [0.25, 0.3) is 0 Å². The molecule has 1 heterocycles. The highest BCUT2D eigenvalue weighted by molar-refractivity contribution is 5.90. The number of aromatic nitrogens is 1. The summed E-state index contributed by atoms with van der Waals surface area (Å²) in [5, 5.41) is 23.6. The van der Waals surface area contributed by atoms with E-state index in [1.54, 1.807) is 18.3 Å². The fourth-order valence-electron chi connectivity index (χ4n) is 2.41. The molecular weight excluding hydrogens is 264 g/mol. The summed E-state index contributed by atoms with van der Waals surface area (Å²) >= 11 is 0. The monoisotopic (exact) mass is 280 g/mol. The molecule has 0 radical (unpaired) electrons. The summed E-state index contributed by atoms with van der Waals surface area (Å²) in [5.41, 5.74) is 2.63. The molecule has 0 aliphatic heterocycles. The number of fused-ring (bicyclic) bond motifs is 1. The number of hydrogen-bond acceptors (Lipinski definition) is 4. The highest BCUT2D eigenvalue weighted by Gasteiger charge is 2.10. The first-order chi connectivity index (χ1) is 10.1. The number of phenols is 2. The van der Waals surface area contributed by atoms with Crippen LogP contribution in [0.25, 0.3) is 10.9 Å². The first-order valence-corrected chi connectivity index (χ1v) is 6.77. The molecule has 0 amide bonds. The summed E-state index contributed by atoms with van der Waals surface area (Å²) in [6, 6.07) is 14.4. The summed E-state index contributed by atoms with van der Waals surface area (Å²) in [7, 11) is 0. The minimum atomic E-state index is -0.0735. The lowest BCUT2D eigenvalue weighted by Gasteiger charge is -2.17. The number of anilines is 1. The van der Waals surface area contributed by atoms with Gasteiger partial charge in [0.1, 0.15) is 11.5 Å². The molecule has 1 unspecified atom stereocenters. The van der Waals surface area contributed by atoms with Gasteiger partial charge in [0.15, 0.2) is 0 Å². The van der Waals surface area contributed by atoms with Crippen molar-refractivity contribution in [3.05, 3.63) is 60.3 Å². The van der Waals surface area contributed by atoms with E-state index in [0.717, 1.165) is 22.2 Å². The molecule has 3 aromatic rings. The molecule has 3 N–H and O–H groups in total. The van der Waals surface area contributed by atoms with E-state index < -0.39 is 0 Å².